The number of hydrogen-bond acceptors (Lipinski definition) is 3. The summed E-state index contributed by atoms with van der Waals surface area (Å²) in [6.45, 7) is 2.06. The summed E-state index contributed by atoms with van der Waals surface area (Å²) in [6, 6.07) is 9.22. The van der Waals surface area contributed by atoms with Crippen LogP contribution in [0.1, 0.15) is 22.8 Å². The first kappa shape index (κ1) is 13.1. The number of ether oxygens (including phenoxy) is 1. The minimum absolute atomic E-state index is 0.195. The first-order chi connectivity index (χ1) is 9.24. The van der Waals surface area contributed by atoms with E-state index in [0.29, 0.717) is 17.0 Å². The Morgan fingerprint density at radius 1 is 1.37 bits per heavy atom. The first-order valence-corrected chi connectivity index (χ1v) is 6.13. The van der Waals surface area contributed by atoms with E-state index in [1.165, 1.54) is 6.20 Å². The molecule has 4 heteroatoms. The van der Waals surface area contributed by atoms with E-state index in [0.717, 1.165) is 12.0 Å². The zero-order chi connectivity index (χ0) is 13.7. The van der Waals surface area contributed by atoms with Crippen molar-refractivity contribution in [2.75, 3.05) is 12.4 Å². The monoisotopic (exact) mass is 256 g/mol. The van der Waals surface area contributed by atoms with Gasteiger partial charge in [0.25, 0.3) is 5.91 Å². The minimum Gasteiger partial charge on any atom is -0.495 e. The summed E-state index contributed by atoms with van der Waals surface area (Å²) >= 11 is 0. The van der Waals surface area contributed by atoms with Crippen molar-refractivity contribution in [1.82, 2.24) is 4.98 Å². The minimum atomic E-state index is -0.195. The van der Waals surface area contributed by atoms with E-state index in [1.54, 1.807) is 25.4 Å². The van der Waals surface area contributed by atoms with Gasteiger partial charge in [-0.2, -0.15) is 0 Å². The van der Waals surface area contributed by atoms with Crippen LogP contribution in [0, 0.1) is 0 Å². The topological polar surface area (TPSA) is 51.2 Å². The number of aromatic nitrogens is 1. The highest BCUT2D eigenvalue weighted by atomic mass is 16.5. The molecule has 1 N–H and O–H groups in total. The molecule has 0 fully saturated rings. The molecule has 2 rings (SSSR count). The average Bonchev–Trinajstić information content (AvgIpc) is 2.48. The van der Waals surface area contributed by atoms with Crippen LogP contribution in [0.5, 0.6) is 5.75 Å². The van der Waals surface area contributed by atoms with E-state index in [4.69, 9.17) is 4.74 Å². The van der Waals surface area contributed by atoms with Crippen LogP contribution in [-0.4, -0.2) is 18.0 Å². The summed E-state index contributed by atoms with van der Waals surface area (Å²) in [7, 11) is 1.58. The van der Waals surface area contributed by atoms with Crippen molar-refractivity contribution in [2.24, 2.45) is 0 Å². The Bertz CT molecular complexity index is 568. The summed E-state index contributed by atoms with van der Waals surface area (Å²) < 4.78 is 5.25. The van der Waals surface area contributed by atoms with E-state index >= 15 is 0 Å². The van der Waals surface area contributed by atoms with Gasteiger partial charge in [0.15, 0.2) is 0 Å². The van der Waals surface area contributed by atoms with Crippen molar-refractivity contribution in [3.05, 3.63) is 53.9 Å². The molecule has 4 nitrogen and oxygen atoms in total. The summed E-state index contributed by atoms with van der Waals surface area (Å²) in [4.78, 5) is 16.0. The summed E-state index contributed by atoms with van der Waals surface area (Å²) in [5.41, 5.74) is 2.34. The largest absolute Gasteiger partial charge is 0.495 e. The SMILES string of the molecule is CCc1ccc(OC)c(NC(=O)c2cccnc2)c1. The van der Waals surface area contributed by atoms with Gasteiger partial charge in [0.05, 0.1) is 18.4 Å². The second-order valence-corrected chi connectivity index (χ2v) is 4.08. The second-order valence-electron chi connectivity index (χ2n) is 4.08. The molecule has 0 aliphatic rings. The molecule has 1 heterocycles. The van der Waals surface area contributed by atoms with Gasteiger partial charge in [-0.15, -0.1) is 0 Å². The number of nitrogens with one attached hydrogen (secondary N) is 1. The molecule has 19 heavy (non-hydrogen) atoms. The van der Waals surface area contributed by atoms with Gasteiger partial charge in [0.1, 0.15) is 5.75 Å². The van der Waals surface area contributed by atoms with Crippen molar-refractivity contribution in [1.29, 1.82) is 0 Å². The van der Waals surface area contributed by atoms with E-state index in [9.17, 15) is 4.79 Å². The maximum Gasteiger partial charge on any atom is 0.257 e. The van der Waals surface area contributed by atoms with Crippen molar-refractivity contribution < 1.29 is 9.53 Å². The van der Waals surface area contributed by atoms with E-state index in [-0.39, 0.29) is 5.91 Å². The molecule has 1 amide bonds. The normalized spacial score (nSPS) is 10.0. The van der Waals surface area contributed by atoms with Crippen LogP contribution >= 0.6 is 0 Å². The second kappa shape index (κ2) is 6.00. The van der Waals surface area contributed by atoms with E-state index in [1.807, 2.05) is 18.2 Å². The lowest BCUT2D eigenvalue weighted by Crippen LogP contribution is -2.13. The number of hydrogen-bond donors (Lipinski definition) is 1. The van der Waals surface area contributed by atoms with Gasteiger partial charge < -0.3 is 10.1 Å². The Morgan fingerprint density at radius 2 is 2.21 bits per heavy atom. The van der Waals surface area contributed by atoms with Crippen LogP contribution in [0.15, 0.2) is 42.7 Å². The van der Waals surface area contributed by atoms with Crippen molar-refractivity contribution in [3.8, 4) is 5.75 Å². The quantitative estimate of drug-likeness (QED) is 0.915. The zero-order valence-corrected chi connectivity index (χ0v) is 11.0. The zero-order valence-electron chi connectivity index (χ0n) is 11.0. The third-order valence-electron chi connectivity index (χ3n) is 2.84. The number of anilines is 1. The molecule has 0 unspecified atom stereocenters. The summed E-state index contributed by atoms with van der Waals surface area (Å²) in [5, 5.41) is 2.85. The number of pyridine rings is 1. The first-order valence-electron chi connectivity index (χ1n) is 6.13. The fourth-order valence-corrected chi connectivity index (χ4v) is 1.76. The molecule has 0 radical (unpaired) electrons. The Hall–Kier alpha value is -2.36. The number of nitrogens with zero attached hydrogens (tertiary/aromatic N) is 1. The number of carbonyl (C=O) groups is 1. The number of methoxy groups -OCH3 is 1. The van der Waals surface area contributed by atoms with Crippen molar-refractivity contribution >= 4 is 11.6 Å². The van der Waals surface area contributed by atoms with E-state index < -0.39 is 0 Å². The average molecular weight is 256 g/mol. The van der Waals surface area contributed by atoms with Gasteiger partial charge in [-0.1, -0.05) is 13.0 Å². The molecule has 1 aromatic heterocycles. The van der Waals surface area contributed by atoms with Crippen molar-refractivity contribution in [3.63, 3.8) is 0 Å². The van der Waals surface area contributed by atoms with Gasteiger partial charge in [-0.05, 0) is 36.2 Å². The molecule has 0 aliphatic carbocycles. The number of aryl methyl sites for hydroxylation is 1. The maximum absolute atomic E-state index is 12.1. The molecule has 0 saturated carbocycles. The molecule has 0 saturated heterocycles. The standard InChI is InChI=1S/C15H16N2O2/c1-3-11-6-7-14(19-2)13(9-11)17-15(18)12-5-4-8-16-10-12/h4-10H,3H2,1-2H3,(H,17,18). The lowest BCUT2D eigenvalue weighted by atomic mass is 10.1. The highest BCUT2D eigenvalue weighted by Crippen LogP contribution is 2.26. The number of benzene rings is 1. The smallest absolute Gasteiger partial charge is 0.257 e. The third kappa shape index (κ3) is 3.10. The van der Waals surface area contributed by atoms with E-state index in [2.05, 4.69) is 17.2 Å². The molecule has 0 bridgehead atoms. The summed E-state index contributed by atoms with van der Waals surface area (Å²) in [5.74, 6) is 0.453. The highest BCUT2D eigenvalue weighted by molar-refractivity contribution is 6.04. The Morgan fingerprint density at radius 3 is 2.84 bits per heavy atom. The van der Waals surface area contributed by atoms with Gasteiger partial charge in [0, 0.05) is 12.4 Å². The highest BCUT2D eigenvalue weighted by Gasteiger charge is 2.10. The molecular weight excluding hydrogens is 240 g/mol. The van der Waals surface area contributed by atoms with Crippen LogP contribution in [0.4, 0.5) is 5.69 Å². The molecule has 0 spiro atoms. The predicted octanol–water partition coefficient (Wildman–Crippen LogP) is 2.90. The number of carbonyl (C=O) groups excluding carboxylic acids is 1. The lowest BCUT2D eigenvalue weighted by molar-refractivity contribution is 0.102. The molecule has 98 valence electrons. The molecule has 1 aromatic carbocycles. The Labute approximate surface area is 112 Å². The van der Waals surface area contributed by atoms with Crippen molar-refractivity contribution in [2.45, 2.75) is 13.3 Å². The lowest BCUT2D eigenvalue weighted by Gasteiger charge is -2.11. The van der Waals surface area contributed by atoms with Gasteiger partial charge >= 0.3 is 0 Å². The maximum atomic E-state index is 12.1. The van der Waals surface area contributed by atoms with Crippen LogP contribution in [-0.2, 0) is 6.42 Å². The fourth-order valence-electron chi connectivity index (χ4n) is 1.76. The van der Waals surface area contributed by atoms with Crippen LogP contribution in [0.3, 0.4) is 0 Å². The molecule has 0 atom stereocenters. The third-order valence-corrected chi connectivity index (χ3v) is 2.84. The predicted molar refractivity (Wildman–Crippen MR) is 74.6 cm³/mol. The van der Waals surface area contributed by atoms with Gasteiger partial charge in [0.2, 0.25) is 0 Å². The molecule has 0 aliphatic heterocycles. The fraction of sp³-hybridized carbons (Fsp3) is 0.200. The molecule has 2 aromatic rings. The molecular formula is C15H16N2O2. The van der Waals surface area contributed by atoms with Crippen LogP contribution in [0.25, 0.3) is 0 Å². The summed E-state index contributed by atoms with van der Waals surface area (Å²) in [6.07, 6.45) is 4.07. The number of amides is 1. The van der Waals surface area contributed by atoms with Gasteiger partial charge in [-0.3, -0.25) is 9.78 Å². The van der Waals surface area contributed by atoms with Crippen LogP contribution < -0.4 is 10.1 Å². The van der Waals surface area contributed by atoms with Crippen LogP contribution in [0.2, 0.25) is 0 Å². The van der Waals surface area contributed by atoms with Gasteiger partial charge in [-0.25, -0.2) is 0 Å². The number of rotatable bonds is 4. The Kier molecular flexibility index (Phi) is 4.13. The Balaban J connectivity index is 2.25.